The van der Waals surface area contributed by atoms with E-state index >= 15 is 0 Å². The molecule has 2 amide bonds. The summed E-state index contributed by atoms with van der Waals surface area (Å²) in [6.45, 7) is 0.317. The van der Waals surface area contributed by atoms with Crippen molar-refractivity contribution in [2.45, 2.75) is 24.8 Å². The Bertz CT molecular complexity index is 434. The number of rotatable bonds is 2. The summed E-state index contributed by atoms with van der Waals surface area (Å²) in [4.78, 5) is 28.2. The van der Waals surface area contributed by atoms with E-state index in [0.29, 0.717) is 18.0 Å². The maximum atomic E-state index is 11.8. The van der Waals surface area contributed by atoms with Crippen molar-refractivity contribution >= 4 is 23.3 Å². The van der Waals surface area contributed by atoms with Crippen LogP contribution in [0.2, 0.25) is 0 Å². The molecule has 0 aromatic carbocycles. The molecule has 0 saturated carbocycles. The van der Waals surface area contributed by atoms with Gasteiger partial charge in [-0.2, -0.15) is 0 Å². The number of amides is 2. The first-order chi connectivity index (χ1) is 8.09. The van der Waals surface area contributed by atoms with Crippen LogP contribution in [0.3, 0.4) is 0 Å². The smallest absolute Gasteiger partial charge is 0.408 e. The third-order valence-corrected chi connectivity index (χ3v) is 3.98. The summed E-state index contributed by atoms with van der Waals surface area (Å²) in [7, 11) is 0. The molecule has 2 rings (SSSR count). The van der Waals surface area contributed by atoms with Crippen LogP contribution < -0.4 is 5.73 Å². The van der Waals surface area contributed by atoms with Gasteiger partial charge in [0, 0.05) is 18.1 Å². The van der Waals surface area contributed by atoms with Gasteiger partial charge in [-0.1, -0.05) is 0 Å². The number of carboxylic acid groups (broad SMARTS) is 1. The Morgan fingerprint density at radius 2 is 2.29 bits per heavy atom. The molecule has 0 radical (unpaired) electrons. The highest BCUT2D eigenvalue weighted by Crippen LogP contribution is 2.38. The second-order valence-corrected chi connectivity index (χ2v) is 4.85. The minimum absolute atomic E-state index is 0.317. The summed E-state index contributed by atoms with van der Waals surface area (Å²) in [5.74, 6) is -0.644. The average molecular weight is 255 g/mol. The van der Waals surface area contributed by atoms with Crippen molar-refractivity contribution in [2.75, 3.05) is 6.54 Å². The zero-order valence-corrected chi connectivity index (χ0v) is 9.94. The third-order valence-electron chi connectivity index (χ3n) is 3.06. The molecule has 1 aromatic heterocycles. The van der Waals surface area contributed by atoms with Crippen LogP contribution in [0, 0.1) is 0 Å². The minimum atomic E-state index is -1.28. The normalized spacial score (nSPS) is 24.6. The Labute approximate surface area is 102 Å². The largest absolute Gasteiger partial charge is 0.465 e. The van der Waals surface area contributed by atoms with Crippen LogP contribution in [0.4, 0.5) is 4.79 Å². The molecule has 1 fully saturated rings. The molecule has 1 aliphatic heterocycles. The Kier molecular flexibility index (Phi) is 3.01. The summed E-state index contributed by atoms with van der Waals surface area (Å²) in [6, 6.07) is 0. The zero-order valence-electron chi connectivity index (χ0n) is 9.13. The molecule has 1 saturated heterocycles. The van der Waals surface area contributed by atoms with Crippen LogP contribution in [0.5, 0.6) is 0 Å². The highest BCUT2D eigenvalue weighted by Gasteiger charge is 2.50. The van der Waals surface area contributed by atoms with E-state index in [0.717, 1.165) is 17.7 Å². The van der Waals surface area contributed by atoms with E-state index in [1.54, 1.807) is 11.6 Å². The maximum Gasteiger partial charge on any atom is 0.408 e. The highest BCUT2D eigenvalue weighted by molar-refractivity contribution is 7.09. The molecular formula is C10H13N3O3S. The summed E-state index contributed by atoms with van der Waals surface area (Å²) < 4.78 is 0. The van der Waals surface area contributed by atoms with Gasteiger partial charge < -0.3 is 10.8 Å². The fraction of sp³-hybridized carbons (Fsp3) is 0.500. The van der Waals surface area contributed by atoms with Gasteiger partial charge in [-0.3, -0.25) is 9.69 Å². The molecule has 6 nitrogen and oxygen atoms in total. The molecule has 7 heteroatoms. The lowest BCUT2D eigenvalue weighted by Gasteiger charge is -2.41. The Hall–Kier alpha value is -1.63. The van der Waals surface area contributed by atoms with Crippen LogP contribution in [0.1, 0.15) is 24.3 Å². The van der Waals surface area contributed by atoms with Crippen molar-refractivity contribution in [3.63, 3.8) is 0 Å². The van der Waals surface area contributed by atoms with Gasteiger partial charge >= 0.3 is 6.09 Å². The van der Waals surface area contributed by atoms with E-state index in [9.17, 15) is 14.7 Å². The SMILES string of the molecule is NC(=O)C1(c2nccs2)CCCCN1C(=O)O. The maximum absolute atomic E-state index is 11.8. The summed E-state index contributed by atoms with van der Waals surface area (Å²) in [6.07, 6.45) is 2.35. The van der Waals surface area contributed by atoms with E-state index < -0.39 is 17.5 Å². The molecule has 0 bridgehead atoms. The van der Waals surface area contributed by atoms with Gasteiger partial charge in [-0.25, -0.2) is 9.78 Å². The number of piperidine rings is 1. The van der Waals surface area contributed by atoms with Crippen LogP contribution in [-0.4, -0.2) is 33.5 Å². The Balaban J connectivity index is 2.51. The Morgan fingerprint density at radius 3 is 2.82 bits per heavy atom. The molecule has 1 unspecified atom stereocenters. The summed E-state index contributed by atoms with van der Waals surface area (Å²) in [5, 5.41) is 11.4. The fourth-order valence-corrected chi connectivity index (χ4v) is 3.13. The predicted molar refractivity (Wildman–Crippen MR) is 61.6 cm³/mol. The van der Waals surface area contributed by atoms with Crippen molar-refractivity contribution in [1.29, 1.82) is 0 Å². The monoisotopic (exact) mass is 255 g/mol. The first-order valence-electron chi connectivity index (χ1n) is 5.29. The van der Waals surface area contributed by atoms with Crippen LogP contribution in [0.25, 0.3) is 0 Å². The van der Waals surface area contributed by atoms with Gasteiger partial charge in [-0.15, -0.1) is 11.3 Å². The standard InChI is InChI=1S/C10H13N3O3S/c11-7(14)10(8-12-4-6-17-8)3-1-2-5-13(10)9(15)16/h4,6H,1-3,5H2,(H2,11,14)(H,15,16). The molecule has 92 valence electrons. The first kappa shape index (κ1) is 11.8. The molecule has 2 heterocycles. The van der Waals surface area contributed by atoms with Crippen molar-refractivity contribution < 1.29 is 14.7 Å². The van der Waals surface area contributed by atoms with Gasteiger partial charge in [-0.05, 0) is 19.3 Å². The molecule has 17 heavy (non-hydrogen) atoms. The highest BCUT2D eigenvalue weighted by atomic mass is 32.1. The van der Waals surface area contributed by atoms with E-state index in [1.807, 2.05) is 0 Å². The van der Waals surface area contributed by atoms with Gasteiger partial charge in [0.25, 0.3) is 5.91 Å². The predicted octanol–water partition coefficient (Wildman–Crippen LogP) is 0.988. The van der Waals surface area contributed by atoms with Crippen LogP contribution in [0.15, 0.2) is 11.6 Å². The van der Waals surface area contributed by atoms with E-state index in [2.05, 4.69) is 4.98 Å². The van der Waals surface area contributed by atoms with Crippen molar-refractivity contribution in [2.24, 2.45) is 5.73 Å². The van der Waals surface area contributed by atoms with E-state index in [4.69, 9.17) is 5.73 Å². The van der Waals surface area contributed by atoms with Crippen molar-refractivity contribution in [3.8, 4) is 0 Å². The number of nitrogens with two attached hydrogens (primary N) is 1. The lowest BCUT2D eigenvalue weighted by atomic mass is 9.86. The van der Waals surface area contributed by atoms with Crippen LogP contribution >= 0.6 is 11.3 Å². The van der Waals surface area contributed by atoms with Gasteiger partial charge in [0.1, 0.15) is 5.01 Å². The number of primary amides is 1. The number of carbonyl (C=O) groups excluding carboxylic acids is 1. The molecule has 3 N–H and O–H groups in total. The van der Waals surface area contributed by atoms with Gasteiger partial charge in [0.05, 0.1) is 0 Å². The summed E-state index contributed by atoms with van der Waals surface area (Å²) in [5.41, 5.74) is 4.16. The van der Waals surface area contributed by atoms with Crippen molar-refractivity contribution in [3.05, 3.63) is 16.6 Å². The Morgan fingerprint density at radius 1 is 1.53 bits per heavy atom. The molecule has 1 aliphatic rings. The molecule has 1 atom stereocenters. The number of nitrogens with zero attached hydrogens (tertiary/aromatic N) is 2. The average Bonchev–Trinajstić information content (AvgIpc) is 2.82. The number of aromatic nitrogens is 1. The topological polar surface area (TPSA) is 96.5 Å². The number of likely N-dealkylation sites (tertiary alicyclic amines) is 1. The lowest BCUT2D eigenvalue weighted by Crippen LogP contribution is -2.59. The number of carbonyl (C=O) groups is 2. The lowest BCUT2D eigenvalue weighted by molar-refractivity contribution is -0.132. The number of thiazole rings is 1. The number of hydrogen-bond acceptors (Lipinski definition) is 4. The fourth-order valence-electron chi connectivity index (χ4n) is 2.25. The zero-order chi connectivity index (χ0) is 12.5. The molecule has 0 aliphatic carbocycles. The summed E-state index contributed by atoms with van der Waals surface area (Å²) >= 11 is 1.26. The van der Waals surface area contributed by atoms with Gasteiger partial charge in [0.15, 0.2) is 5.54 Å². The second-order valence-electron chi connectivity index (χ2n) is 3.95. The number of hydrogen-bond donors (Lipinski definition) is 2. The second kappa shape index (κ2) is 4.33. The third kappa shape index (κ3) is 1.76. The molecule has 0 spiro atoms. The van der Waals surface area contributed by atoms with Crippen molar-refractivity contribution in [1.82, 2.24) is 9.88 Å². The van der Waals surface area contributed by atoms with E-state index in [1.165, 1.54) is 11.3 Å². The van der Waals surface area contributed by atoms with Gasteiger partial charge in [0.2, 0.25) is 0 Å². The van der Waals surface area contributed by atoms with E-state index in [-0.39, 0.29) is 0 Å². The quantitative estimate of drug-likeness (QED) is 0.823. The molecule has 1 aromatic rings. The molecular weight excluding hydrogens is 242 g/mol. The van der Waals surface area contributed by atoms with Crippen LogP contribution in [-0.2, 0) is 10.3 Å². The minimum Gasteiger partial charge on any atom is -0.465 e. The first-order valence-corrected chi connectivity index (χ1v) is 6.17.